The van der Waals surface area contributed by atoms with Crippen molar-refractivity contribution in [2.24, 2.45) is 5.92 Å². The molecule has 0 radical (unpaired) electrons. The zero-order valence-corrected chi connectivity index (χ0v) is 16.0. The van der Waals surface area contributed by atoms with Crippen molar-refractivity contribution in [2.45, 2.75) is 57.3 Å². The van der Waals surface area contributed by atoms with Crippen LogP contribution in [-0.2, 0) is 16.1 Å². The highest BCUT2D eigenvalue weighted by molar-refractivity contribution is 5.87. The monoisotopic (exact) mass is 389 g/mol. The molecule has 3 rings (SSSR count). The average Bonchev–Trinajstić information content (AvgIpc) is 3.01. The van der Waals surface area contributed by atoms with Crippen molar-refractivity contribution in [1.29, 1.82) is 0 Å². The Hall–Kier alpha value is -2.77. The van der Waals surface area contributed by atoms with Crippen molar-refractivity contribution in [2.75, 3.05) is 6.54 Å². The molecule has 1 aliphatic carbocycles. The lowest BCUT2D eigenvalue weighted by Crippen LogP contribution is -2.50. The summed E-state index contributed by atoms with van der Waals surface area (Å²) >= 11 is 0. The molecular formula is C20H27N3O5. The third-order valence-corrected chi connectivity index (χ3v) is 5.60. The summed E-state index contributed by atoms with van der Waals surface area (Å²) in [6, 6.07) is 8.81. The summed E-state index contributed by atoms with van der Waals surface area (Å²) in [6.45, 7) is 2.80. The Morgan fingerprint density at radius 2 is 1.93 bits per heavy atom. The molecule has 1 saturated carbocycles. The van der Waals surface area contributed by atoms with Gasteiger partial charge in [0.2, 0.25) is 5.91 Å². The van der Waals surface area contributed by atoms with Crippen molar-refractivity contribution in [3.8, 4) is 0 Å². The molecule has 1 heterocycles. The molecular weight excluding hydrogens is 362 g/mol. The van der Waals surface area contributed by atoms with Gasteiger partial charge in [-0.2, -0.15) is 0 Å². The van der Waals surface area contributed by atoms with E-state index in [9.17, 15) is 14.4 Å². The first-order valence-electron chi connectivity index (χ1n) is 9.71. The van der Waals surface area contributed by atoms with Crippen molar-refractivity contribution >= 4 is 18.1 Å². The van der Waals surface area contributed by atoms with E-state index in [2.05, 4.69) is 10.6 Å². The number of hydrogen-bond donors (Lipinski definition) is 3. The molecule has 8 heteroatoms. The first-order chi connectivity index (χ1) is 13.4. The molecule has 0 spiro atoms. The predicted molar refractivity (Wildman–Crippen MR) is 102 cm³/mol. The minimum Gasteiger partial charge on any atom is -0.465 e. The molecule has 8 nitrogen and oxygen atoms in total. The number of nitrogens with zero attached hydrogens (tertiary/aromatic N) is 1. The number of nitrogens with one attached hydrogen (secondary N) is 2. The zero-order valence-electron chi connectivity index (χ0n) is 16.0. The summed E-state index contributed by atoms with van der Waals surface area (Å²) in [5.74, 6) is 0.108. The highest BCUT2D eigenvalue weighted by Crippen LogP contribution is 2.31. The maximum atomic E-state index is 12.8. The van der Waals surface area contributed by atoms with Crippen LogP contribution in [0.1, 0.15) is 38.2 Å². The number of likely N-dealkylation sites (tertiary alicyclic amines) is 1. The van der Waals surface area contributed by atoms with Gasteiger partial charge < -0.3 is 25.4 Å². The number of hydrogen-bond acceptors (Lipinski definition) is 4. The standard InChI is InChI=1S/C20H27N3O5/c1-13-11-15(21-19(25)26)7-8-17(13)23-10-9-16(18(23)24)22-20(27)28-12-14-5-3-2-4-6-14/h2-6,13,15-17,21H,7-12H2,1H3,(H,22,27)(H,25,26)/t13-,15?,16?,17+/m1/s1. The number of ether oxygens (including phenoxy) is 1. The largest absolute Gasteiger partial charge is 0.465 e. The van der Waals surface area contributed by atoms with Gasteiger partial charge in [-0.1, -0.05) is 37.3 Å². The molecule has 0 aromatic heterocycles. The van der Waals surface area contributed by atoms with Gasteiger partial charge in [0.05, 0.1) is 0 Å². The summed E-state index contributed by atoms with van der Waals surface area (Å²) in [7, 11) is 0. The SMILES string of the molecule is C[C@@H]1CC(NC(=O)O)CC[C@@H]1N1CCC(NC(=O)OCc2ccccc2)C1=O. The van der Waals surface area contributed by atoms with E-state index in [1.54, 1.807) is 0 Å². The molecule has 3 N–H and O–H groups in total. The highest BCUT2D eigenvalue weighted by Gasteiger charge is 2.41. The Morgan fingerprint density at radius 1 is 1.18 bits per heavy atom. The number of rotatable bonds is 5. The van der Waals surface area contributed by atoms with Crippen molar-refractivity contribution < 1.29 is 24.2 Å². The van der Waals surface area contributed by atoms with Crippen LogP contribution in [0.3, 0.4) is 0 Å². The number of benzene rings is 1. The Labute approximate surface area is 164 Å². The average molecular weight is 389 g/mol. The van der Waals surface area contributed by atoms with Gasteiger partial charge in [-0.05, 0) is 37.2 Å². The predicted octanol–water partition coefficient (Wildman–Crippen LogP) is 2.34. The van der Waals surface area contributed by atoms with Crippen LogP contribution < -0.4 is 10.6 Å². The van der Waals surface area contributed by atoms with E-state index in [1.165, 1.54) is 0 Å². The number of amides is 3. The maximum Gasteiger partial charge on any atom is 0.408 e. The van der Waals surface area contributed by atoms with Crippen LogP contribution in [-0.4, -0.2) is 52.8 Å². The second kappa shape index (κ2) is 8.95. The maximum absolute atomic E-state index is 12.8. The van der Waals surface area contributed by atoms with Gasteiger partial charge in [0.25, 0.3) is 0 Å². The fourth-order valence-electron chi connectivity index (χ4n) is 4.22. The summed E-state index contributed by atoms with van der Waals surface area (Å²) in [6.07, 6.45) is 1.13. The molecule has 28 heavy (non-hydrogen) atoms. The van der Waals surface area contributed by atoms with Gasteiger partial charge in [-0.3, -0.25) is 4.79 Å². The summed E-state index contributed by atoms with van der Waals surface area (Å²) in [4.78, 5) is 37.5. The molecule has 2 aliphatic rings. The minimum atomic E-state index is -1.01. The normalized spacial score (nSPS) is 27.3. The lowest BCUT2D eigenvalue weighted by atomic mass is 9.82. The first-order valence-corrected chi connectivity index (χ1v) is 9.71. The van der Waals surface area contributed by atoms with E-state index < -0.39 is 18.2 Å². The molecule has 152 valence electrons. The molecule has 3 amide bonds. The van der Waals surface area contributed by atoms with Gasteiger partial charge in [0.1, 0.15) is 12.6 Å². The number of alkyl carbamates (subject to hydrolysis) is 1. The van der Waals surface area contributed by atoms with Crippen molar-refractivity contribution in [1.82, 2.24) is 15.5 Å². The lowest BCUT2D eigenvalue weighted by molar-refractivity contribution is -0.133. The van der Waals surface area contributed by atoms with Crippen LogP contribution in [0.5, 0.6) is 0 Å². The molecule has 1 saturated heterocycles. The van der Waals surface area contributed by atoms with Crippen LogP contribution in [0.15, 0.2) is 30.3 Å². The number of carbonyl (C=O) groups is 3. The zero-order chi connectivity index (χ0) is 20.1. The third kappa shape index (κ3) is 4.94. The van der Waals surface area contributed by atoms with Crippen LogP contribution in [0.4, 0.5) is 9.59 Å². The van der Waals surface area contributed by atoms with Gasteiger partial charge >= 0.3 is 12.2 Å². The fraction of sp³-hybridized carbons (Fsp3) is 0.550. The van der Waals surface area contributed by atoms with E-state index in [-0.39, 0.29) is 30.5 Å². The molecule has 2 unspecified atom stereocenters. The smallest absolute Gasteiger partial charge is 0.408 e. The van der Waals surface area contributed by atoms with E-state index in [0.717, 1.165) is 12.0 Å². The Morgan fingerprint density at radius 3 is 2.61 bits per heavy atom. The van der Waals surface area contributed by atoms with E-state index in [0.29, 0.717) is 25.8 Å². The molecule has 1 aromatic rings. The quantitative estimate of drug-likeness (QED) is 0.716. The second-order valence-electron chi connectivity index (χ2n) is 7.58. The van der Waals surface area contributed by atoms with Gasteiger partial charge in [-0.15, -0.1) is 0 Å². The Balaban J connectivity index is 1.48. The first kappa shape index (κ1) is 20.0. The third-order valence-electron chi connectivity index (χ3n) is 5.60. The highest BCUT2D eigenvalue weighted by atomic mass is 16.5. The van der Waals surface area contributed by atoms with Crippen LogP contribution in [0, 0.1) is 5.92 Å². The van der Waals surface area contributed by atoms with Gasteiger partial charge in [0, 0.05) is 18.6 Å². The van der Waals surface area contributed by atoms with Crippen LogP contribution in [0.25, 0.3) is 0 Å². The molecule has 2 fully saturated rings. The van der Waals surface area contributed by atoms with Crippen molar-refractivity contribution in [3.63, 3.8) is 0 Å². The summed E-state index contributed by atoms with van der Waals surface area (Å²) < 4.78 is 5.21. The second-order valence-corrected chi connectivity index (χ2v) is 7.58. The lowest BCUT2D eigenvalue weighted by Gasteiger charge is -2.39. The van der Waals surface area contributed by atoms with E-state index >= 15 is 0 Å². The van der Waals surface area contributed by atoms with Crippen LogP contribution >= 0.6 is 0 Å². The molecule has 4 atom stereocenters. The fourth-order valence-corrected chi connectivity index (χ4v) is 4.22. The molecule has 1 aromatic carbocycles. The van der Waals surface area contributed by atoms with E-state index in [1.807, 2.05) is 42.2 Å². The Bertz CT molecular complexity index is 711. The minimum absolute atomic E-state index is 0.0664. The van der Waals surface area contributed by atoms with E-state index in [4.69, 9.17) is 9.84 Å². The summed E-state index contributed by atoms with van der Waals surface area (Å²) in [5, 5.41) is 14.1. The van der Waals surface area contributed by atoms with Crippen LogP contribution in [0.2, 0.25) is 0 Å². The molecule has 1 aliphatic heterocycles. The summed E-state index contributed by atoms with van der Waals surface area (Å²) in [5.41, 5.74) is 0.887. The number of carboxylic acid groups (broad SMARTS) is 1. The van der Waals surface area contributed by atoms with Gasteiger partial charge in [-0.25, -0.2) is 9.59 Å². The van der Waals surface area contributed by atoms with Gasteiger partial charge in [0.15, 0.2) is 0 Å². The number of carbonyl (C=O) groups excluding carboxylic acids is 2. The topological polar surface area (TPSA) is 108 Å². The van der Waals surface area contributed by atoms with Crippen molar-refractivity contribution in [3.05, 3.63) is 35.9 Å². The molecule has 0 bridgehead atoms. The Kier molecular flexibility index (Phi) is 6.38.